The van der Waals surface area contributed by atoms with Gasteiger partial charge in [0.25, 0.3) is 5.91 Å². The number of ether oxygens (including phenoxy) is 1. The molecule has 0 saturated heterocycles. The second kappa shape index (κ2) is 10.7. The number of benzene rings is 2. The van der Waals surface area contributed by atoms with E-state index < -0.39 is 10.0 Å². The molecule has 2 aromatic carbocycles. The number of hydrogen-bond acceptors (Lipinski definition) is 5. The zero-order valence-electron chi connectivity index (χ0n) is 17.1. The van der Waals surface area contributed by atoms with Crippen molar-refractivity contribution < 1.29 is 17.9 Å². The van der Waals surface area contributed by atoms with Gasteiger partial charge in [-0.25, -0.2) is 13.1 Å². The summed E-state index contributed by atoms with van der Waals surface area (Å²) < 4.78 is 32.4. The van der Waals surface area contributed by atoms with Crippen molar-refractivity contribution in [2.75, 3.05) is 19.4 Å². The molecule has 2 aromatic rings. The Bertz CT molecular complexity index is 895. The molecule has 1 atom stereocenters. The number of nitrogens with one attached hydrogen (secondary N) is 2. The highest BCUT2D eigenvalue weighted by molar-refractivity contribution is 7.98. The number of rotatable bonds is 10. The van der Waals surface area contributed by atoms with Crippen LogP contribution in [0.2, 0.25) is 0 Å². The van der Waals surface area contributed by atoms with Crippen LogP contribution in [0.15, 0.2) is 58.3 Å². The lowest BCUT2D eigenvalue weighted by atomic mass is 10.1. The summed E-state index contributed by atoms with van der Waals surface area (Å²) in [7, 11) is -3.54. The third-order valence-corrected chi connectivity index (χ3v) is 6.36. The van der Waals surface area contributed by atoms with E-state index in [4.69, 9.17) is 4.74 Å². The van der Waals surface area contributed by atoms with Gasteiger partial charge in [-0.2, -0.15) is 0 Å². The minimum atomic E-state index is -3.54. The summed E-state index contributed by atoms with van der Waals surface area (Å²) in [5, 5.41) is 2.89. The largest absolute Gasteiger partial charge is 0.484 e. The van der Waals surface area contributed by atoms with E-state index in [1.165, 1.54) is 17.0 Å². The van der Waals surface area contributed by atoms with Crippen LogP contribution in [0.1, 0.15) is 32.4 Å². The van der Waals surface area contributed by atoms with Crippen LogP contribution in [0.4, 0.5) is 0 Å². The van der Waals surface area contributed by atoms with E-state index in [0.29, 0.717) is 12.3 Å². The van der Waals surface area contributed by atoms with Crippen LogP contribution in [0, 0.1) is 5.92 Å². The Hall–Kier alpha value is -2.03. The van der Waals surface area contributed by atoms with E-state index in [1.807, 2.05) is 51.3 Å². The molecule has 0 aromatic heterocycles. The Morgan fingerprint density at radius 3 is 2.21 bits per heavy atom. The summed E-state index contributed by atoms with van der Waals surface area (Å²) in [6, 6.07) is 13.9. The number of amides is 1. The molecule has 1 amide bonds. The van der Waals surface area contributed by atoms with Crippen molar-refractivity contribution in [1.82, 2.24) is 10.0 Å². The Labute approximate surface area is 177 Å². The van der Waals surface area contributed by atoms with Crippen molar-refractivity contribution in [3.63, 3.8) is 0 Å². The van der Waals surface area contributed by atoms with Gasteiger partial charge in [0.15, 0.2) is 6.61 Å². The first kappa shape index (κ1) is 23.3. The molecule has 6 nitrogen and oxygen atoms in total. The van der Waals surface area contributed by atoms with Gasteiger partial charge < -0.3 is 10.1 Å². The fourth-order valence-electron chi connectivity index (χ4n) is 2.48. The first-order chi connectivity index (χ1) is 13.7. The summed E-state index contributed by atoms with van der Waals surface area (Å²) in [6.07, 6.45) is 2.02. The van der Waals surface area contributed by atoms with Gasteiger partial charge in [-0.15, -0.1) is 11.8 Å². The van der Waals surface area contributed by atoms with Crippen LogP contribution in [0.25, 0.3) is 0 Å². The van der Waals surface area contributed by atoms with Gasteiger partial charge in [0, 0.05) is 11.4 Å². The van der Waals surface area contributed by atoms with E-state index >= 15 is 0 Å². The zero-order chi connectivity index (χ0) is 21.4. The lowest BCUT2D eigenvalue weighted by Gasteiger charge is -2.15. The molecule has 2 N–H and O–H groups in total. The highest BCUT2D eigenvalue weighted by Gasteiger charge is 2.15. The Morgan fingerprint density at radius 2 is 1.66 bits per heavy atom. The molecule has 0 fully saturated rings. The van der Waals surface area contributed by atoms with Crippen molar-refractivity contribution in [1.29, 1.82) is 0 Å². The van der Waals surface area contributed by atoms with Crippen molar-refractivity contribution in [2.45, 2.75) is 36.6 Å². The Balaban J connectivity index is 1.86. The molecular weight excluding hydrogens is 408 g/mol. The minimum absolute atomic E-state index is 0.137. The maximum absolute atomic E-state index is 12.2. The molecule has 0 saturated carbocycles. The average Bonchev–Trinajstić information content (AvgIpc) is 2.71. The second-order valence-electron chi connectivity index (χ2n) is 7.07. The SMILES string of the molecule is CSc1ccc([C@@H](C)NC(=O)COc2ccc(S(=O)(=O)NCC(C)C)cc2)cc1. The molecule has 0 aliphatic heterocycles. The summed E-state index contributed by atoms with van der Waals surface area (Å²) in [6.45, 7) is 6.01. The number of thioether (sulfide) groups is 1. The minimum Gasteiger partial charge on any atom is -0.484 e. The molecule has 29 heavy (non-hydrogen) atoms. The first-order valence-electron chi connectivity index (χ1n) is 9.37. The fraction of sp³-hybridized carbons (Fsp3) is 0.381. The van der Waals surface area contributed by atoms with Crippen molar-refractivity contribution in [3.05, 3.63) is 54.1 Å². The van der Waals surface area contributed by atoms with Gasteiger partial charge in [0.05, 0.1) is 10.9 Å². The van der Waals surface area contributed by atoms with Crippen LogP contribution in [0.3, 0.4) is 0 Å². The zero-order valence-corrected chi connectivity index (χ0v) is 18.8. The quantitative estimate of drug-likeness (QED) is 0.556. The van der Waals surface area contributed by atoms with Crippen LogP contribution < -0.4 is 14.8 Å². The van der Waals surface area contributed by atoms with E-state index in [2.05, 4.69) is 10.0 Å². The van der Waals surface area contributed by atoms with Crippen LogP contribution in [0.5, 0.6) is 5.75 Å². The van der Waals surface area contributed by atoms with Gasteiger partial charge in [-0.05, 0) is 61.1 Å². The van der Waals surface area contributed by atoms with Crippen LogP contribution in [-0.4, -0.2) is 33.7 Å². The van der Waals surface area contributed by atoms with Crippen molar-refractivity contribution >= 4 is 27.7 Å². The van der Waals surface area contributed by atoms with Crippen LogP contribution >= 0.6 is 11.8 Å². The van der Waals surface area contributed by atoms with Gasteiger partial charge in [-0.3, -0.25) is 4.79 Å². The molecule has 0 aliphatic carbocycles. The molecule has 2 rings (SSSR count). The maximum Gasteiger partial charge on any atom is 0.258 e. The molecular formula is C21H28N2O4S2. The molecule has 0 heterocycles. The molecule has 158 valence electrons. The first-order valence-corrected chi connectivity index (χ1v) is 12.1. The topological polar surface area (TPSA) is 84.5 Å². The molecule has 8 heteroatoms. The van der Waals surface area contributed by atoms with E-state index in [-0.39, 0.29) is 29.4 Å². The summed E-state index contributed by atoms with van der Waals surface area (Å²) in [5.74, 6) is 0.401. The number of hydrogen-bond donors (Lipinski definition) is 2. The molecule has 0 spiro atoms. The predicted octanol–water partition coefficient (Wildman–Crippen LogP) is 3.60. The molecule has 0 bridgehead atoms. The summed E-state index contributed by atoms with van der Waals surface area (Å²) >= 11 is 1.67. The molecule has 0 aliphatic rings. The Morgan fingerprint density at radius 1 is 1.03 bits per heavy atom. The van der Waals surface area contributed by atoms with Gasteiger partial charge in [0.1, 0.15) is 5.75 Å². The van der Waals surface area contributed by atoms with Gasteiger partial charge in [-0.1, -0.05) is 26.0 Å². The fourth-order valence-corrected chi connectivity index (χ4v) is 4.10. The van der Waals surface area contributed by atoms with Crippen molar-refractivity contribution in [2.24, 2.45) is 5.92 Å². The summed E-state index contributed by atoms with van der Waals surface area (Å²) in [5.41, 5.74) is 1.01. The van der Waals surface area contributed by atoms with E-state index in [0.717, 1.165) is 5.56 Å². The standard InChI is InChI=1S/C21H28N2O4S2/c1-15(2)13-22-29(25,26)20-11-7-18(8-12-20)27-14-21(24)23-16(3)17-5-9-19(28-4)10-6-17/h5-12,15-16,22H,13-14H2,1-4H3,(H,23,24)/t16-/m1/s1. The summed E-state index contributed by atoms with van der Waals surface area (Å²) in [4.78, 5) is 13.5. The van der Waals surface area contributed by atoms with E-state index in [9.17, 15) is 13.2 Å². The predicted molar refractivity (Wildman–Crippen MR) is 117 cm³/mol. The third-order valence-electron chi connectivity index (χ3n) is 4.18. The van der Waals surface area contributed by atoms with Crippen molar-refractivity contribution in [3.8, 4) is 5.75 Å². The average molecular weight is 437 g/mol. The normalized spacial score (nSPS) is 12.6. The monoisotopic (exact) mass is 436 g/mol. The highest BCUT2D eigenvalue weighted by Crippen LogP contribution is 2.19. The van der Waals surface area contributed by atoms with Crippen LogP contribution in [-0.2, 0) is 14.8 Å². The third kappa shape index (κ3) is 7.38. The highest BCUT2D eigenvalue weighted by atomic mass is 32.2. The lowest BCUT2D eigenvalue weighted by Crippen LogP contribution is -2.31. The van der Waals surface area contributed by atoms with Gasteiger partial charge >= 0.3 is 0 Å². The number of sulfonamides is 1. The molecule has 0 unspecified atom stereocenters. The van der Waals surface area contributed by atoms with E-state index in [1.54, 1.807) is 23.9 Å². The number of carbonyl (C=O) groups is 1. The molecule has 0 radical (unpaired) electrons. The van der Waals surface area contributed by atoms with Gasteiger partial charge in [0.2, 0.25) is 10.0 Å². The maximum atomic E-state index is 12.2. The number of carbonyl (C=O) groups excluding carboxylic acids is 1. The second-order valence-corrected chi connectivity index (χ2v) is 9.71. The Kier molecular flexibility index (Phi) is 8.55. The lowest BCUT2D eigenvalue weighted by molar-refractivity contribution is -0.123. The smallest absolute Gasteiger partial charge is 0.258 e.